The fraction of sp³-hybridized carbons (Fsp3) is 0.0667. The summed E-state index contributed by atoms with van der Waals surface area (Å²) in [5.41, 5.74) is 0.958. The number of nitrogens with zero attached hydrogens (tertiary/aromatic N) is 1. The summed E-state index contributed by atoms with van der Waals surface area (Å²) in [6.07, 6.45) is 2.62. The molecule has 0 N–H and O–H groups in total. The van der Waals surface area contributed by atoms with Gasteiger partial charge in [0, 0.05) is 12.2 Å². The van der Waals surface area contributed by atoms with Gasteiger partial charge in [-0.1, -0.05) is 36.4 Å². The lowest BCUT2D eigenvalue weighted by atomic mass is 10.1. The Morgan fingerprint density at radius 1 is 0.833 bits per heavy atom. The zero-order valence-electron chi connectivity index (χ0n) is 9.67. The van der Waals surface area contributed by atoms with E-state index in [0.29, 0.717) is 6.54 Å². The molecule has 1 aliphatic heterocycles. The maximum absolute atomic E-state index is 11.5. The first kappa shape index (κ1) is 10.7. The van der Waals surface area contributed by atoms with Gasteiger partial charge in [-0.15, -0.1) is 0 Å². The smallest absolute Gasteiger partial charge is 0.253 e. The third-order valence-electron chi connectivity index (χ3n) is 3.06. The zero-order chi connectivity index (χ0) is 12.5. The van der Waals surface area contributed by atoms with E-state index >= 15 is 0 Å². The number of fused-ring (bicyclic) bond motifs is 1. The Kier molecular flexibility index (Phi) is 2.45. The van der Waals surface area contributed by atoms with Crippen LogP contribution in [0.3, 0.4) is 0 Å². The minimum Gasteiger partial charge on any atom is -0.271 e. The summed E-state index contributed by atoms with van der Waals surface area (Å²) in [4.78, 5) is 24.2. The van der Waals surface area contributed by atoms with Crippen molar-refractivity contribution in [1.29, 1.82) is 0 Å². The van der Waals surface area contributed by atoms with Crippen molar-refractivity contribution in [2.75, 3.05) is 0 Å². The third kappa shape index (κ3) is 1.80. The first-order valence-corrected chi connectivity index (χ1v) is 5.75. The Morgan fingerprint density at radius 3 is 2.22 bits per heavy atom. The van der Waals surface area contributed by atoms with Crippen LogP contribution in [0.1, 0.15) is 5.56 Å². The van der Waals surface area contributed by atoms with Gasteiger partial charge in [-0.2, -0.15) is 0 Å². The molecule has 0 spiro atoms. The van der Waals surface area contributed by atoms with Crippen LogP contribution in [-0.2, 0) is 16.1 Å². The van der Waals surface area contributed by atoms with Gasteiger partial charge in [0.1, 0.15) is 0 Å². The maximum atomic E-state index is 11.5. The van der Waals surface area contributed by atoms with Crippen LogP contribution < -0.4 is 0 Å². The molecule has 3 rings (SSSR count). The summed E-state index contributed by atoms with van der Waals surface area (Å²) in [5.74, 6) is -0.485. The van der Waals surface area contributed by atoms with Crippen molar-refractivity contribution < 1.29 is 9.59 Å². The van der Waals surface area contributed by atoms with Crippen LogP contribution in [0.2, 0.25) is 0 Å². The van der Waals surface area contributed by atoms with Crippen LogP contribution >= 0.6 is 0 Å². The molecule has 0 aliphatic carbocycles. The Labute approximate surface area is 104 Å². The standard InChI is InChI=1S/C15H11NO2/c17-14-7-8-15(18)16(14)10-11-5-6-12-3-1-2-4-13(12)9-11/h1-9H,10H2. The Hall–Kier alpha value is -2.42. The van der Waals surface area contributed by atoms with Crippen LogP contribution in [0, 0.1) is 0 Å². The summed E-state index contributed by atoms with van der Waals surface area (Å²) >= 11 is 0. The molecule has 0 fully saturated rings. The van der Waals surface area contributed by atoms with Crippen molar-refractivity contribution in [1.82, 2.24) is 4.90 Å². The molecule has 0 atom stereocenters. The van der Waals surface area contributed by atoms with Gasteiger partial charge in [-0.05, 0) is 22.4 Å². The predicted octanol–water partition coefficient (Wildman–Crippen LogP) is 2.26. The van der Waals surface area contributed by atoms with E-state index < -0.39 is 0 Å². The van der Waals surface area contributed by atoms with Gasteiger partial charge in [0.15, 0.2) is 0 Å². The van der Waals surface area contributed by atoms with Crippen LogP contribution in [-0.4, -0.2) is 16.7 Å². The highest BCUT2D eigenvalue weighted by Crippen LogP contribution is 2.18. The van der Waals surface area contributed by atoms with Gasteiger partial charge in [0.2, 0.25) is 0 Å². The quantitative estimate of drug-likeness (QED) is 0.751. The van der Waals surface area contributed by atoms with Gasteiger partial charge in [-0.25, -0.2) is 0 Å². The summed E-state index contributed by atoms with van der Waals surface area (Å²) in [5, 5.41) is 2.26. The van der Waals surface area contributed by atoms with Crippen molar-refractivity contribution in [3.05, 3.63) is 60.2 Å². The van der Waals surface area contributed by atoms with Crippen molar-refractivity contribution in [2.24, 2.45) is 0 Å². The Bertz CT molecular complexity index is 655. The first-order chi connectivity index (χ1) is 8.74. The molecule has 0 unspecified atom stereocenters. The van der Waals surface area contributed by atoms with Gasteiger partial charge < -0.3 is 0 Å². The van der Waals surface area contributed by atoms with Crippen molar-refractivity contribution in [3.8, 4) is 0 Å². The maximum Gasteiger partial charge on any atom is 0.253 e. The highest BCUT2D eigenvalue weighted by atomic mass is 16.2. The molecule has 0 aromatic heterocycles. The average molecular weight is 237 g/mol. The molecule has 1 aliphatic rings. The molecular formula is C15H11NO2. The SMILES string of the molecule is O=C1C=CC(=O)N1Cc1ccc2ccccc2c1. The average Bonchev–Trinajstić information content (AvgIpc) is 2.70. The molecule has 0 saturated heterocycles. The number of carbonyl (C=O) groups excluding carboxylic acids is 2. The molecule has 2 aromatic rings. The molecule has 0 bridgehead atoms. The van der Waals surface area contributed by atoms with E-state index in [4.69, 9.17) is 0 Å². The zero-order valence-corrected chi connectivity index (χ0v) is 9.67. The monoisotopic (exact) mass is 237 g/mol. The number of benzene rings is 2. The van der Waals surface area contributed by atoms with Crippen LogP contribution in [0.25, 0.3) is 10.8 Å². The fourth-order valence-corrected chi connectivity index (χ4v) is 2.11. The van der Waals surface area contributed by atoms with E-state index in [0.717, 1.165) is 16.3 Å². The van der Waals surface area contributed by atoms with Crippen molar-refractivity contribution in [3.63, 3.8) is 0 Å². The second-order valence-corrected chi connectivity index (χ2v) is 4.28. The number of hydrogen-bond acceptors (Lipinski definition) is 2. The second kappa shape index (κ2) is 4.11. The molecule has 1 heterocycles. The Balaban J connectivity index is 1.91. The number of hydrogen-bond donors (Lipinski definition) is 0. The molecule has 0 saturated carbocycles. The van der Waals surface area contributed by atoms with E-state index in [2.05, 4.69) is 0 Å². The lowest BCUT2D eigenvalue weighted by molar-refractivity contribution is -0.137. The van der Waals surface area contributed by atoms with E-state index in [-0.39, 0.29) is 11.8 Å². The van der Waals surface area contributed by atoms with Gasteiger partial charge in [-0.3, -0.25) is 14.5 Å². The third-order valence-corrected chi connectivity index (χ3v) is 3.06. The molecule has 3 nitrogen and oxygen atoms in total. The van der Waals surface area contributed by atoms with Crippen LogP contribution in [0.5, 0.6) is 0 Å². The van der Waals surface area contributed by atoms with Crippen LogP contribution in [0.4, 0.5) is 0 Å². The van der Waals surface area contributed by atoms with Gasteiger partial charge in [0.25, 0.3) is 11.8 Å². The Morgan fingerprint density at radius 2 is 1.50 bits per heavy atom. The predicted molar refractivity (Wildman–Crippen MR) is 68.6 cm³/mol. The first-order valence-electron chi connectivity index (χ1n) is 5.75. The van der Waals surface area contributed by atoms with Gasteiger partial charge in [0.05, 0.1) is 6.54 Å². The summed E-state index contributed by atoms with van der Waals surface area (Å²) in [6.45, 7) is 0.329. The number of carbonyl (C=O) groups is 2. The van der Waals surface area contributed by atoms with E-state index in [9.17, 15) is 9.59 Å². The summed E-state index contributed by atoms with van der Waals surface area (Å²) in [7, 11) is 0. The lowest BCUT2D eigenvalue weighted by Gasteiger charge is -2.14. The number of imide groups is 1. The summed E-state index contributed by atoms with van der Waals surface area (Å²) < 4.78 is 0. The summed E-state index contributed by atoms with van der Waals surface area (Å²) in [6, 6.07) is 14.0. The number of rotatable bonds is 2. The van der Waals surface area contributed by atoms with Gasteiger partial charge >= 0.3 is 0 Å². The number of amides is 2. The largest absolute Gasteiger partial charge is 0.271 e. The molecular weight excluding hydrogens is 226 g/mol. The van der Waals surface area contributed by atoms with E-state index in [1.807, 2.05) is 42.5 Å². The lowest BCUT2D eigenvalue weighted by Crippen LogP contribution is -2.29. The van der Waals surface area contributed by atoms with E-state index in [1.165, 1.54) is 17.1 Å². The van der Waals surface area contributed by atoms with Crippen LogP contribution in [0.15, 0.2) is 54.6 Å². The molecule has 3 heteroatoms. The minimum atomic E-state index is -0.242. The van der Waals surface area contributed by atoms with Crippen molar-refractivity contribution in [2.45, 2.75) is 6.54 Å². The second-order valence-electron chi connectivity index (χ2n) is 4.28. The normalized spacial score (nSPS) is 14.8. The molecule has 88 valence electrons. The molecule has 2 amide bonds. The highest BCUT2D eigenvalue weighted by molar-refractivity contribution is 6.12. The fourth-order valence-electron chi connectivity index (χ4n) is 2.11. The molecule has 2 aromatic carbocycles. The van der Waals surface area contributed by atoms with E-state index in [1.54, 1.807) is 0 Å². The van der Waals surface area contributed by atoms with Crippen molar-refractivity contribution >= 4 is 22.6 Å². The molecule has 0 radical (unpaired) electrons. The highest BCUT2D eigenvalue weighted by Gasteiger charge is 2.23. The minimum absolute atomic E-state index is 0.242. The topological polar surface area (TPSA) is 37.4 Å². The molecule has 18 heavy (non-hydrogen) atoms.